The predicted octanol–water partition coefficient (Wildman–Crippen LogP) is 3.73. The second kappa shape index (κ2) is 7.78. The van der Waals surface area contributed by atoms with Crippen molar-refractivity contribution in [3.05, 3.63) is 52.5 Å². The van der Waals surface area contributed by atoms with Gasteiger partial charge in [0.15, 0.2) is 0 Å². The second-order valence-corrected chi connectivity index (χ2v) is 5.68. The van der Waals surface area contributed by atoms with E-state index in [1.807, 2.05) is 26.0 Å². The lowest BCUT2D eigenvalue weighted by atomic mass is 10.2. The first-order valence-corrected chi connectivity index (χ1v) is 7.91. The summed E-state index contributed by atoms with van der Waals surface area (Å²) in [5.41, 5.74) is 2.04. The number of halogens is 1. The molecule has 0 atom stereocenters. The normalized spacial score (nSPS) is 10.0. The third-order valence-corrected chi connectivity index (χ3v) is 3.67. The first-order chi connectivity index (χ1) is 11.0. The maximum absolute atomic E-state index is 12.1. The highest BCUT2D eigenvalue weighted by molar-refractivity contribution is 9.10. The molecule has 2 rings (SSSR count). The van der Waals surface area contributed by atoms with Gasteiger partial charge >= 0.3 is 11.8 Å². The molecule has 0 aliphatic rings. The van der Waals surface area contributed by atoms with E-state index in [2.05, 4.69) is 26.6 Å². The molecular weight excluding hydrogens is 360 g/mol. The van der Waals surface area contributed by atoms with Crippen molar-refractivity contribution >= 4 is 39.1 Å². The monoisotopic (exact) mass is 376 g/mol. The highest BCUT2D eigenvalue weighted by Gasteiger charge is 2.17. The van der Waals surface area contributed by atoms with E-state index in [0.717, 1.165) is 5.56 Å². The van der Waals surface area contributed by atoms with Crippen LogP contribution in [0.5, 0.6) is 5.75 Å². The van der Waals surface area contributed by atoms with Crippen LogP contribution in [0.1, 0.15) is 12.5 Å². The van der Waals surface area contributed by atoms with E-state index in [-0.39, 0.29) is 0 Å². The van der Waals surface area contributed by atoms with E-state index in [1.54, 1.807) is 30.3 Å². The number of aryl methyl sites for hydroxylation is 1. The smallest absolute Gasteiger partial charge is 0.314 e. The maximum Gasteiger partial charge on any atom is 0.314 e. The van der Waals surface area contributed by atoms with Crippen LogP contribution in [-0.4, -0.2) is 18.4 Å². The van der Waals surface area contributed by atoms with Gasteiger partial charge in [-0.3, -0.25) is 9.59 Å². The highest BCUT2D eigenvalue weighted by atomic mass is 79.9. The molecule has 0 spiro atoms. The van der Waals surface area contributed by atoms with E-state index in [9.17, 15) is 9.59 Å². The van der Waals surface area contributed by atoms with Crippen LogP contribution in [0.2, 0.25) is 0 Å². The zero-order valence-corrected chi connectivity index (χ0v) is 14.4. The maximum atomic E-state index is 12.1. The number of hydrogen-bond donors (Lipinski definition) is 2. The molecule has 6 heteroatoms. The van der Waals surface area contributed by atoms with Crippen LogP contribution in [0.15, 0.2) is 46.9 Å². The molecule has 2 aromatic rings. The summed E-state index contributed by atoms with van der Waals surface area (Å²) in [5.74, 6) is -0.988. The van der Waals surface area contributed by atoms with Gasteiger partial charge in [-0.05, 0) is 59.6 Å². The minimum atomic E-state index is -0.760. The Hall–Kier alpha value is -2.34. The number of hydrogen-bond acceptors (Lipinski definition) is 3. The summed E-state index contributed by atoms with van der Waals surface area (Å²) < 4.78 is 6.13. The number of rotatable bonds is 4. The van der Waals surface area contributed by atoms with Gasteiger partial charge in [-0.15, -0.1) is 0 Å². The molecule has 0 unspecified atom stereocenters. The topological polar surface area (TPSA) is 67.4 Å². The summed E-state index contributed by atoms with van der Waals surface area (Å²) in [4.78, 5) is 24.1. The van der Waals surface area contributed by atoms with Crippen LogP contribution in [0.4, 0.5) is 11.4 Å². The molecule has 0 saturated carbocycles. The van der Waals surface area contributed by atoms with Crippen LogP contribution in [0.25, 0.3) is 0 Å². The van der Waals surface area contributed by atoms with Gasteiger partial charge in [0.05, 0.1) is 18.0 Å². The van der Waals surface area contributed by atoms with Gasteiger partial charge in [0.2, 0.25) is 0 Å². The summed E-state index contributed by atoms with van der Waals surface area (Å²) in [5, 5.41) is 5.13. The van der Waals surface area contributed by atoms with Crippen LogP contribution >= 0.6 is 15.9 Å². The number of carbonyl (C=O) groups excluding carboxylic acids is 2. The molecule has 0 saturated heterocycles. The predicted molar refractivity (Wildman–Crippen MR) is 93.7 cm³/mol. The van der Waals surface area contributed by atoms with Crippen molar-refractivity contribution in [1.29, 1.82) is 0 Å². The minimum absolute atomic E-state index is 0.456. The molecule has 120 valence electrons. The lowest BCUT2D eigenvalue weighted by molar-refractivity contribution is -0.133. The molecule has 0 aliphatic heterocycles. The van der Waals surface area contributed by atoms with Crippen molar-refractivity contribution < 1.29 is 14.3 Å². The first kappa shape index (κ1) is 17.0. The molecule has 2 aromatic carbocycles. The summed E-state index contributed by atoms with van der Waals surface area (Å²) in [6.45, 7) is 4.25. The van der Waals surface area contributed by atoms with Crippen LogP contribution in [0, 0.1) is 6.92 Å². The average molecular weight is 377 g/mol. The lowest BCUT2D eigenvalue weighted by Crippen LogP contribution is -2.29. The van der Waals surface area contributed by atoms with Crippen molar-refractivity contribution in [2.24, 2.45) is 0 Å². The largest absolute Gasteiger partial charge is 0.492 e. The Kier molecular flexibility index (Phi) is 5.76. The van der Waals surface area contributed by atoms with E-state index >= 15 is 0 Å². The summed E-state index contributed by atoms with van der Waals surface area (Å²) >= 11 is 3.36. The van der Waals surface area contributed by atoms with Crippen molar-refractivity contribution in [3.8, 4) is 5.75 Å². The number of carbonyl (C=O) groups is 2. The molecule has 0 aromatic heterocycles. The highest BCUT2D eigenvalue weighted by Crippen LogP contribution is 2.25. The first-order valence-electron chi connectivity index (χ1n) is 7.11. The number of benzene rings is 2. The van der Waals surface area contributed by atoms with E-state index in [4.69, 9.17) is 4.74 Å². The molecule has 0 fully saturated rings. The van der Waals surface area contributed by atoms with Gasteiger partial charge in [-0.25, -0.2) is 0 Å². The molecule has 0 bridgehead atoms. The fraction of sp³-hybridized carbons (Fsp3) is 0.176. The number of ether oxygens (including phenoxy) is 1. The molecule has 0 heterocycles. The number of anilines is 2. The summed E-state index contributed by atoms with van der Waals surface area (Å²) in [6.07, 6.45) is 0. The molecular formula is C17H17BrN2O3. The zero-order valence-electron chi connectivity index (χ0n) is 12.9. The molecule has 5 nitrogen and oxygen atoms in total. The quantitative estimate of drug-likeness (QED) is 0.798. The fourth-order valence-corrected chi connectivity index (χ4v) is 2.52. The summed E-state index contributed by atoms with van der Waals surface area (Å²) in [7, 11) is 0. The van der Waals surface area contributed by atoms with Gasteiger partial charge in [-0.1, -0.05) is 18.2 Å². The average Bonchev–Trinajstić information content (AvgIpc) is 2.52. The number of amides is 2. The Morgan fingerprint density at radius 1 is 1.04 bits per heavy atom. The van der Waals surface area contributed by atoms with Crippen molar-refractivity contribution in [1.82, 2.24) is 0 Å². The standard InChI is InChI=1S/C17H17BrN2O3/c1-3-23-15-7-5-4-6-14(15)20-17(22)16(21)19-13-9-8-11(2)10-12(13)18/h4-10H,3H2,1-2H3,(H,19,21)(H,20,22). The van der Waals surface area contributed by atoms with Gasteiger partial charge in [-0.2, -0.15) is 0 Å². The third-order valence-electron chi connectivity index (χ3n) is 3.01. The van der Waals surface area contributed by atoms with Crippen molar-refractivity contribution in [2.45, 2.75) is 13.8 Å². The molecule has 2 N–H and O–H groups in total. The van der Waals surface area contributed by atoms with Crippen LogP contribution in [-0.2, 0) is 9.59 Å². The SMILES string of the molecule is CCOc1ccccc1NC(=O)C(=O)Nc1ccc(C)cc1Br. The summed E-state index contributed by atoms with van der Waals surface area (Å²) in [6, 6.07) is 12.4. The Morgan fingerprint density at radius 3 is 2.35 bits per heavy atom. The Labute approximate surface area is 143 Å². The van der Waals surface area contributed by atoms with Crippen molar-refractivity contribution in [2.75, 3.05) is 17.2 Å². The molecule has 2 amide bonds. The fourth-order valence-electron chi connectivity index (χ4n) is 1.93. The number of nitrogens with one attached hydrogen (secondary N) is 2. The zero-order chi connectivity index (χ0) is 16.8. The second-order valence-electron chi connectivity index (χ2n) is 4.82. The van der Waals surface area contributed by atoms with Crippen LogP contribution < -0.4 is 15.4 Å². The van der Waals surface area contributed by atoms with Gasteiger partial charge in [0.25, 0.3) is 0 Å². The Balaban J connectivity index is 2.07. The molecule has 23 heavy (non-hydrogen) atoms. The minimum Gasteiger partial charge on any atom is -0.492 e. The third kappa shape index (κ3) is 4.56. The van der Waals surface area contributed by atoms with E-state index in [1.165, 1.54) is 0 Å². The molecule has 0 aliphatic carbocycles. The van der Waals surface area contributed by atoms with Crippen molar-refractivity contribution in [3.63, 3.8) is 0 Å². The van der Waals surface area contributed by atoms with Gasteiger partial charge < -0.3 is 15.4 Å². The van der Waals surface area contributed by atoms with Crippen LogP contribution in [0.3, 0.4) is 0 Å². The number of para-hydroxylation sites is 2. The Bertz CT molecular complexity index is 732. The molecule has 0 radical (unpaired) electrons. The van der Waals surface area contributed by atoms with E-state index in [0.29, 0.717) is 28.2 Å². The van der Waals surface area contributed by atoms with E-state index < -0.39 is 11.8 Å². The van der Waals surface area contributed by atoms with Gasteiger partial charge in [0.1, 0.15) is 5.75 Å². The van der Waals surface area contributed by atoms with Gasteiger partial charge in [0, 0.05) is 4.47 Å². The Morgan fingerprint density at radius 2 is 1.70 bits per heavy atom. The lowest BCUT2D eigenvalue weighted by Gasteiger charge is -2.12.